The first-order valence-corrected chi connectivity index (χ1v) is 11.1. The number of rotatable bonds is 10. The van der Waals surface area contributed by atoms with Gasteiger partial charge in [0.15, 0.2) is 0 Å². The average molecular weight is 458 g/mol. The third-order valence-electron chi connectivity index (χ3n) is 3.82. The van der Waals surface area contributed by atoms with Crippen molar-refractivity contribution in [1.82, 2.24) is 15.4 Å². The predicted molar refractivity (Wildman–Crippen MR) is 113 cm³/mol. The quantitative estimate of drug-likeness (QED) is 0.476. The van der Waals surface area contributed by atoms with Gasteiger partial charge >= 0.3 is 0 Å². The number of nitrogens with one attached hydrogen (secondary N) is 3. The molecule has 2 amide bonds. The first-order chi connectivity index (χ1) is 13.8. The molecule has 0 saturated carbocycles. The van der Waals surface area contributed by atoms with Crippen LogP contribution in [-0.4, -0.2) is 39.9 Å². The number of hydrogen-bond donors (Lipinski definition) is 3. The zero-order valence-electron chi connectivity index (χ0n) is 15.5. The van der Waals surface area contributed by atoms with E-state index in [9.17, 15) is 18.0 Å². The lowest BCUT2D eigenvalue weighted by molar-refractivity contribution is -0.121. The van der Waals surface area contributed by atoms with E-state index in [4.69, 9.17) is 23.2 Å². The van der Waals surface area contributed by atoms with E-state index in [1.165, 1.54) is 12.1 Å². The summed E-state index contributed by atoms with van der Waals surface area (Å²) in [5, 5.41) is 6.22. The van der Waals surface area contributed by atoms with Crippen LogP contribution in [0.25, 0.3) is 0 Å². The third kappa shape index (κ3) is 8.02. The number of sulfonamides is 1. The van der Waals surface area contributed by atoms with Gasteiger partial charge in [0.2, 0.25) is 15.9 Å². The Morgan fingerprint density at radius 1 is 0.862 bits per heavy atom. The van der Waals surface area contributed by atoms with Crippen molar-refractivity contribution in [3.05, 3.63) is 64.1 Å². The van der Waals surface area contributed by atoms with Crippen LogP contribution in [-0.2, 0) is 14.8 Å². The Bertz CT molecular complexity index is 950. The molecule has 3 N–H and O–H groups in total. The number of carbonyl (C=O) groups is 2. The van der Waals surface area contributed by atoms with E-state index in [-0.39, 0.29) is 36.2 Å². The number of benzene rings is 2. The first-order valence-electron chi connectivity index (χ1n) is 8.83. The molecule has 0 radical (unpaired) electrons. The molecule has 0 aliphatic rings. The van der Waals surface area contributed by atoms with Crippen LogP contribution in [0.15, 0.2) is 53.4 Å². The molecule has 156 valence electrons. The number of carbonyl (C=O) groups excluding carboxylic acids is 2. The van der Waals surface area contributed by atoms with Crippen LogP contribution in [0.3, 0.4) is 0 Å². The fraction of sp³-hybridized carbons (Fsp3) is 0.263. The second kappa shape index (κ2) is 11.2. The summed E-state index contributed by atoms with van der Waals surface area (Å²) < 4.78 is 26.6. The number of hydrogen-bond acceptors (Lipinski definition) is 4. The molecule has 2 aromatic carbocycles. The summed E-state index contributed by atoms with van der Waals surface area (Å²) in [6.07, 6.45) is 0.668. The highest BCUT2D eigenvalue weighted by atomic mass is 35.5. The Balaban J connectivity index is 1.61. The molecule has 0 aliphatic heterocycles. The predicted octanol–water partition coefficient (Wildman–Crippen LogP) is 2.60. The molecule has 7 nitrogen and oxygen atoms in total. The maximum absolute atomic E-state index is 12.1. The molecule has 0 unspecified atom stereocenters. The minimum absolute atomic E-state index is 0.0495. The Morgan fingerprint density at radius 3 is 2.28 bits per heavy atom. The summed E-state index contributed by atoms with van der Waals surface area (Å²) in [5.41, 5.74) is 0.492. The Hall–Kier alpha value is -2.13. The van der Waals surface area contributed by atoms with Crippen molar-refractivity contribution in [3.8, 4) is 0 Å². The van der Waals surface area contributed by atoms with Gasteiger partial charge in [-0.05, 0) is 48.9 Å². The monoisotopic (exact) mass is 457 g/mol. The topological polar surface area (TPSA) is 104 Å². The maximum atomic E-state index is 12.1. The zero-order chi connectivity index (χ0) is 21.3. The molecular formula is C19H21Cl2N3O4S. The highest BCUT2D eigenvalue weighted by molar-refractivity contribution is 7.89. The summed E-state index contributed by atoms with van der Waals surface area (Å²) in [7, 11) is -3.68. The maximum Gasteiger partial charge on any atom is 0.251 e. The van der Waals surface area contributed by atoms with E-state index in [0.29, 0.717) is 28.6 Å². The molecular weight excluding hydrogens is 437 g/mol. The van der Waals surface area contributed by atoms with Gasteiger partial charge in [-0.25, -0.2) is 13.1 Å². The van der Waals surface area contributed by atoms with Crippen LogP contribution < -0.4 is 15.4 Å². The molecule has 2 rings (SSSR count). The standard InChI is InChI=1S/C19H21Cl2N3O4S/c20-15-8-6-14(7-9-15)19(26)23-10-2-5-18(25)22-11-12-24-29(27,28)17-4-1-3-16(21)13-17/h1,3-4,6-9,13,24H,2,5,10-12H2,(H,22,25)(H,23,26). The minimum atomic E-state index is -3.68. The van der Waals surface area contributed by atoms with Gasteiger partial charge in [-0.15, -0.1) is 0 Å². The van der Waals surface area contributed by atoms with Crippen molar-refractivity contribution in [3.63, 3.8) is 0 Å². The van der Waals surface area contributed by atoms with E-state index in [1.807, 2.05) is 0 Å². The molecule has 0 atom stereocenters. The first kappa shape index (κ1) is 23.2. The molecule has 0 heterocycles. The van der Waals surface area contributed by atoms with Crippen molar-refractivity contribution >= 4 is 45.0 Å². The van der Waals surface area contributed by atoms with Gasteiger partial charge in [0.05, 0.1) is 4.90 Å². The van der Waals surface area contributed by atoms with Crippen molar-refractivity contribution in [2.45, 2.75) is 17.7 Å². The molecule has 0 aromatic heterocycles. The lowest BCUT2D eigenvalue weighted by atomic mass is 10.2. The van der Waals surface area contributed by atoms with Crippen LogP contribution in [0.5, 0.6) is 0 Å². The van der Waals surface area contributed by atoms with E-state index in [2.05, 4.69) is 15.4 Å². The Labute approximate surface area is 179 Å². The van der Waals surface area contributed by atoms with Gasteiger partial charge in [0, 0.05) is 41.7 Å². The largest absolute Gasteiger partial charge is 0.355 e. The van der Waals surface area contributed by atoms with Crippen molar-refractivity contribution in [1.29, 1.82) is 0 Å². The lowest BCUT2D eigenvalue weighted by Gasteiger charge is -2.09. The fourth-order valence-corrected chi connectivity index (χ4v) is 3.81. The van der Waals surface area contributed by atoms with Gasteiger partial charge in [-0.2, -0.15) is 0 Å². The summed E-state index contributed by atoms with van der Waals surface area (Å²) >= 11 is 11.6. The van der Waals surface area contributed by atoms with E-state index in [1.54, 1.807) is 36.4 Å². The van der Waals surface area contributed by atoms with Crippen LogP contribution in [0.2, 0.25) is 10.0 Å². The number of halogens is 2. The van der Waals surface area contributed by atoms with Gasteiger partial charge in [-0.1, -0.05) is 29.3 Å². The second-order valence-corrected chi connectivity index (χ2v) is 8.71. The van der Waals surface area contributed by atoms with E-state index >= 15 is 0 Å². The summed E-state index contributed by atoms with van der Waals surface area (Å²) in [4.78, 5) is 23.8. The molecule has 2 aromatic rings. The average Bonchev–Trinajstić information content (AvgIpc) is 2.69. The van der Waals surface area contributed by atoms with Crippen molar-refractivity contribution in [2.24, 2.45) is 0 Å². The second-order valence-electron chi connectivity index (χ2n) is 6.07. The van der Waals surface area contributed by atoms with Crippen LogP contribution in [0.1, 0.15) is 23.2 Å². The highest BCUT2D eigenvalue weighted by Gasteiger charge is 2.13. The Kier molecular flexibility index (Phi) is 8.91. The Morgan fingerprint density at radius 2 is 1.59 bits per heavy atom. The van der Waals surface area contributed by atoms with Crippen LogP contribution in [0.4, 0.5) is 0 Å². The summed E-state index contributed by atoms with van der Waals surface area (Å²) in [5.74, 6) is -0.467. The van der Waals surface area contributed by atoms with E-state index in [0.717, 1.165) is 0 Å². The third-order valence-corrected chi connectivity index (χ3v) is 5.76. The van der Waals surface area contributed by atoms with Gasteiger partial charge < -0.3 is 10.6 Å². The van der Waals surface area contributed by atoms with Gasteiger partial charge in [-0.3, -0.25) is 9.59 Å². The normalized spacial score (nSPS) is 11.1. The molecule has 0 aliphatic carbocycles. The molecule has 0 bridgehead atoms. The van der Waals surface area contributed by atoms with Crippen LogP contribution in [0, 0.1) is 0 Å². The zero-order valence-corrected chi connectivity index (χ0v) is 17.8. The molecule has 0 saturated heterocycles. The SMILES string of the molecule is O=C(CCCNC(=O)c1ccc(Cl)cc1)NCCNS(=O)(=O)c1cccc(Cl)c1. The molecule has 29 heavy (non-hydrogen) atoms. The molecule has 10 heteroatoms. The smallest absolute Gasteiger partial charge is 0.251 e. The lowest BCUT2D eigenvalue weighted by Crippen LogP contribution is -2.35. The van der Waals surface area contributed by atoms with Crippen molar-refractivity contribution in [2.75, 3.05) is 19.6 Å². The summed E-state index contributed by atoms with van der Waals surface area (Å²) in [6, 6.07) is 12.4. The molecule has 0 spiro atoms. The summed E-state index contributed by atoms with van der Waals surface area (Å²) in [6.45, 7) is 0.542. The van der Waals surface area contributed by atoms with Gasteiger partial charge in [0.25, 0.3) is 5.91 Å². The van der Waals surface area contributed by atoms with Gasteiger partial charge in [0.1, 0.15) is 0 Å². The van der Waals surface area contributed by atoms with E-state index < -0.39 is 10.0 Å². The van der Waals surface area contributed by atoms with Crippen LogP contribution >= 0.6 is 23.2 Å². The van der Waals surface area contributed by atoms with Crippen molar-refractivity contribution < 1.29 is 18.0 Å². The number of amides is 2. The molecule has 0 fully saturated rings. The highest BCUT2D eigenvalue weighted by Crippen LogP contribution is 2.14. The fourth-order valence-electron chi connectivity index (χ4n) is 2.35. The minimum Gasteiger partial charge on any atom is -0.355 e.